The predicted molar refractivity (Wildman–Crippen MR) is 138 cm³/mol. The van der Waals surface area contributed by atoms with Crippen LogP contribution >= 0.6 is 0 Å². The van der Waals surface area contributed by atoms with Crippen molar-refractivity contribution in [1.82, 2.24) is 0 Å². The van der Waals surface area contributed by atoms with Crippen LogP contribution in [0.4, 0.5) is 0 Å². The van der Waals surface area contributed by atoms with Crippen molar-refractivity contribution in [3.63, 3.8) is 0 Å². The normalized spacial score (nSPS) is 11.5. The average Bonchev–Trinajstić information content (AvgIpc) is 3.19. The van der Waals surface area contributed by atoms with Crippen LogP contribution in [0.2, 0.25) is 0 Å². The molecule has 0 spiro atoms. The fourth-order valence-corrected chi connectivity index (χ4v) is 4.66. The van der Waals surface area contributed by atoms with Gasteiger partial charge in [-0.25, -0.2) is 0 Å². The third kappa shape index (κ3) is 11.8. The van der Waals surface area contributed by atoms with Crippen LogP contribution < -0.4 is 0 Å². The smallest absolute Gasteiger partial charge is 0.134 e. The molecule has 0 atom stereocenters. The highest BCUT2D eigenvalue weighted by molar-refractivity contribution is 5.78. The molecule has 2 aromatic rings. The van der Waals surface area contributed by atoms with E-state index in [0.717, 1.165) is 12.0 Å². The lowest BCUT2D eigenvalue weighted by atomic mass is 10.0. The van der Waals surface area contributed by atoms with Crippen LogP contribution in [0, 0.1) is 0 Å². The molecule has 0 saturated heterocycles. The third-order valence-corrected chi connectivity index (χ3v) is 6.73. The van der Waals surface area contributed by atoms with Gasteiger partial charge < -0.3 is 4.42 Å². The molecule has 1 heteroatoms. The second-order valence-electron chi connectivity index (χ2n) is 9.74. The minimum atomic E-state index is 1.09. The van der Waals surface area contributed by atoms with E-state index in [1.54, 1.807) is 0 Å². The quantitative estimate of drug-likeness (QED) is 0.192. The summed E-state index contributed by atoms with van der Waals surface area (Å²) >= 11 is 0. The lowest BCUT2D eigenvalue weighted by Gasteiger charge is -2.03. The zero-order valence-corrected chi connectivity index (χ0v) is 20.9. The van der Waals surface area contributed by atoms with Gasteiger partial charge in [-0.1, -0.05) is 129 Å². The summed E-state index contributed by atoms with van der Waals surface area (Å²) in [5, 5.41) is 1.28. The highest BCUT2D eigenvalue weighted by Crippen LogP contribution is 2.23. The lowest BCUT2D eigenvalue weighted by Crippen LogP contribution is -1.86. The summed E-state index contributed by atoms with van der Waals surface area (Å²) in [6.45, 7) is 4.58. The van der Waals surface area contributed by atoms with Crippen molar-refractivity contribution in [2.45, 2.75) is 142 Å². The number of rotatable bonds is 20. The van der Waals surface area contributed by atoms with Gasteiger partial charge in [-0.15, -0.1) is 0 Å². The maximum Gasteiger partial charge on any atom is 0.134 e. The van der Waals surface area contributed by atoms with E-state index in [0.29, 0.717) is 0 Å². The Labute approximate surface area is 193 Å². The number of hydrogen-bond acceptors (Lipinski definition) is 1. The molecule has 1 aromatic carbocycles. The van der Waals surface area contributed by atoms with Crippen molar-refractivity contribution in [2.24, 2.45) is 0 Å². The van der Waals surface area contributed by atoms with Gasteiger partial charge in [0.2, 0.25) is 0 Å². The summed E-state index contributed by atoms with van der Waals surface area (Å²) in [5.41, 5.74) is 2.54. The van der Waals surface area contributed by atoms with E-state index in [2.05, 4.69) is 38.1 Å². The molecule has 0 aliphatic heterocycles. The van der Waals surface area contributed by atoms with E-state index in [-0.39, 0.29) is 0 Å². The highest BCUT2D eigenvalue weighted by Gasteiger charge is 2.05. The first kappa shape index (κ1) is 26.0. The van der Waals surface area contributed by atoms with Crippen molar-refractivity contribution in [3.05, 3.63) is 35.6 Å². The van der Waals surface area contributed by atoms with E-state index < -0.39 is 0 Å². The van der Waals surface area contributed by atoms with Crippen LogP contribution in [-0.4, -0.2) is 0 Å². The number of furan rings is 1. The van der Waals surface area contributed by atoms with E-state index in [1.165, 1.54) is 139 Å². The molecular weight excluding hydrogens is 376 g/mol. The Hall–Kier alpha value is -1.24. The first-order chi connectivity index (χ1) is 15.3. The van der Waals surface area contributed by atoms with Crippen molar-refractivity contribution >= 4 is 11.0 Å². The maximum absolute atomic E-state index is 6.17. The summed E-state index contributed by atoms with van der Waals surface area (Å²) in [4.78, 5) is 0. The van der Waals surface area contributed by atoms with Gasteiger partial charge in [0.1, 0.15) is 11.3 Å². The standard InChI is InChI=1S/C30H50O/c1-3-5-7-9-11-13-14-15-17-19-21-27-23-24-28-26-29(31-30(28)25-27)22-20-18-16-12-10-8-6-4-2/h23-26H,3-22H2,1-2H3. The molecule has 2 rings (SSSR count). The summed E-state index contributed by atoms with van der Waals surface area (Å²) in [7, 11) is 0. The fraction of sp³-hybridized carbons (Fsp3) is 0.733. The van der Waals surface area contributed by atoms with Gasteiger partial charge in [-0.3, -0.25) is 0 Å². The second kappa shape index (κ2) is 17.3. The number of benzene rings is 1. The van der Waals surface area contributed by atoms with Crippen LogP contribution in [0.5, 0.6) is 0 Å². The van der Waals surface area contributed by atoms with Crippen LogP contribution in [-0.2, 0) is 12.8 Å². The monoisotopic (exact) mass is 426 g/mol. The van der Waals surface area contributed by atoms with Crippen LogP contribution in [0.15, 0.2) is 28.7 Å². The van der Waals surface area contributed by atoms with Gasteiger partial charge >= 0.3 is 0 Å². The minimum Gasteiger partial charge on any atom is -0.461 e. The second-order valence-corrected chi connectivity index (χ2v) is 9.74. The van der Waals surface area contributed by atoms with Gasteiger partial charge in [0.25, 0.3) is 0 Å². The van der Waals surface area contributed by atoms with E-state index >= 15 is 0 Å². The Kier molecular flexibility index (Phi) is 14.5. The Balaban J connectivity index is 1.56. The first-order valence-corrected chi connectivity index (χ1v) is 13.8. The molecule has 1 aromatic heterocycles. The lowest BCUT2D eigenvalue weighted by molar-refractivity contribution is 0.518. The number of aryl methyl sites for hydroxylation is 2. The molecule has 1 nitrogen and oxygen atoms in total. The summed E-state index contributed by atoms with van der Waals surface area (Å²) in [5.74, 6) is 1.18. The molecule has 0 radical (unpaired) electrons. The van der Waals surface area contributed by atoms with Gasteiger partial charge in [-0.2, -0.15) is 0 Å². The van der Waals surface area contributed by atoms with Crippen molar-refractivity contribution in [2.75, 3.05) is 0 Å². The van der Waals surface area contributed by atoms with E-state index in [4.69, 9.17) is 4.42 Å². The molecule has 1 heterocycles. The SMILES string of the molecule is CCCCCCCCCCCCc1ccc2cc(CCCCCCCCCC)oc2c1. The zero-order chi connectivity index (χ0) is 22.0. The molecular formula is C30H50O. The first-order valence-electron chi connectivity index (χ1n) is 13.8. The van der Waals surface area contributed by atoms with Crippen molar-refractivity contribution in [1.29, 1.82) is 0 Å². The van der Waals surface area contributed by atoms with Gasteiger partial charge in [0.15, 0.2) is 0 Å². The molecule has 0 saturated carbocycles. The van der Waals surface area contributed by atoms with E-state index in [1.807, 2.05) is 0 Å². The van der Waals surface area contributed by atoms with Gasteiger partial charge in [-0.05, 0) is 37.0 Å². The van der Waals surface area contributed by atoms with Crippen LogP contribution in [0.25, 0.3) is 11.0 Å². The highest BCUT2D eigenvalue weighted by atomic mass is 16.3. The Morgan fingerprint density at radius 1 is 0.516 bits per heavy atom. The molecule has 0 unspecified atom stereocenters. The Morgan fingerprint density at radius 3 is 1.55 bits per heavy atom. The molecule has 0 fully saturated rings. The molecule has 176 valence electrons. The summed E-state index contributed by atoms with van der Waals surface area (Å²) in [6.07, 6.45) is 27.3. The average molecular weight is 427 g/mol. The Bertz CT molecular complexity index is 668. The molecule has 0 amide bonds. The number of hydrogen-bond donors (Lipinski definition) is 0. The molecule has 0 aliphatic rings. The zero-order valence-electron chi connectivity index (χ0n) is 20.9. The maximum atomic E-state index is 6.17. The summed E-state index contributed by atoms with van der Waals surface area (Å²) in [6, 6.07) is 9.13. The number of unbranched alkanes of at least 4 members (excludes halogenated alkanes) is 16. The van der Waals surface area contributed by atoms with Crippen molar-refractivity contribution < 1.29 is 4.42 Å². The largest absolute Gasteiger partial charge is 0.461 e. The molecule has 0 aliphatic carbocycles. The summed E-state index contributed by atoms with van der Waals surface area (Å²) < 4.78 is 6.17. The number of fused-ring (bicyclic) bond motifs is 1. The molecule has 0 bridgehead atoms. The third-order valence-electron chi connectivity index (χ3n) is 6.73. The van der Waals surface area contributed by atoms with Crippen molar-refractivity contribution in [3.8, 4) is 0 Å². The predicted octanol–water partition coefficient (Wildman–Crippen LogP) is 10.6. The fourth-order valence-electron chi connectivity index (χ4n) is 4.66. The van der Waals surface area contributed by atoms with Crippen LogP contribution in [0.1, 0.15) is 141 Å². The van der Waals surface area contributed by atoms with Gasteiger partial charge in [0.05, 0.1) is 0 Å². The minimum absolute atomic E-state index is 1.09. The van der Waals surface area contributed by atoms with E-state index in [9.17, 15) is 0 Å². The topological polar surface area (TPSA) is 13.1 Å². The Morgan fingerprint density at radius 2 is 1.00 bits per heavy atom. The van der Waals surface area contributed by atoms with Crippen LogP contribution in [0.3, 0.4) is 0 Å². The molecule has 31 heavy (non-hydrogen) atoms. The van der Waals surface area contributed by atoms with Gasteiger partial charge in [0, 0.05) is 11.8 Å². The molecule has 0 N–H and O–H groups in total.